The molecule has 2 rings (SSSR count). The second-order valence-electron chi connectivity index (χ2n) is 4.38. The number of rotatable bonds is 7. The molecule has 1 heterocycles. The number of nitrogens with zero attached hydrogens (tertiary/aromatic N) is 1. The highest BCUT2D eigenvalue weighted by Gasteiger charge is 2.16. The molecule has 0 spiro atoms. The maximum atomic E-state index is 5.47. The summed E-state index contributed by atoms with van der Waals surface area (Å²) in [5, 5.41) is 6.76. The van der Waals surface area contributed by atoms with E-state index in [1.807, 2.05) is 23.7 Å². The monoisotopic (exact) mass is 276 g/mol. The lowest BCUT2D eigenvalue weighted by Crippen LogP contribution is -2.24. The molecule has 1 atom stereocenters. The number of hydrogen-bond donors (Lipinski definition) is 1. The van der Waals surface area contributed by atoms with Crippen LogP contribution in [0.15, 0.2) is 35.8 Å². The Bertz CT molecular complexity index is 485. The lowest BCUT2D eigenvalue weighted by molar-refractivity contribution is 0.398. The van der Waals surface area contributed by atoms with Crippen molar-refractivity contribution in [2.75, 3.05) is 13.7 Å². The fourth-order valence-electron chi connectivity index (χ4n) is 2.09. The van der Waals surface area contributed by atoms with E-state index in [-0.39, 0.29) is 6.04 Å². The molecule has 0 aliphatic carbocycles. The molecule has 0 amide bonds. The molecular formula is C15H20N2OS. The lowest BCUT2D eigenvalue weighted by Gasteiger charge is -2.20. The standard InChI is InChI=1S/C15H20N2OS/c1-3-8-16-13(11-15-17-9-10-19-15)12-6-4-5-7-14(12)18-2/h4-7,9-10,13,16H,3,8,11H2,1-2H3. The molecule has 0 fully saturated rings. The minimum atomic E-state index is 0.252. The Balaban J connectivity index is 2.20. The maximum Gasteiger partial charge on any atom is 0.123 e. The summed E-state index contributed by atoms with van der Waals surface area (Å²) in [6.45, 7) is 3.17. The molecule has 102 valence electrons. The fraction of sp³-hybridized carbons (Fsp3) is 0.400. The van der Waals surface area contributed by atoms with Gasteiger partial charge in [0.05, 0.1) is 12.1 Å². The van der Waals surface area contributed by atoms with Crippen molar-refractivity contribution >= 4 is 11.3 Å². The van der Waals surface area contributed by atoms with E-state index in [0.717, 1.165) is 30.1 Å². The van der Waals surface area contributed by atoms with Gasteiger partial charge in [0, 0.05) is 29.6 Å². The normalized spacial score (nSPS) is 12.3. The summed E-state index contributed by atoms with van der Waals surface area (Å²) in [7, 11) is 1.72. The largest absolute Gasteiger partial charge is 0.496 e. The van der Waals surface area contributed by atoms with Crippen LogP contribution in [0.5, 0.6) is 5.75 Å². The third-order valence-corrected chi connectivity index (χ3v) is 3.82. The van der Waals surface area contributed by atoms with Crippen LogP contribution in [-0.2, 0) is 6.42 Å². The second-order valence-corrected chi connectivity index (χ2v) is 5.36. The van der Waals surface area contributed by atoms with Gasteiger partial charge in [0.25, 0.3) is 0 Å². The van der Waals surface area contributed by atoms with E-state index in [1.165, 1.54) is 5.56 Å². The zero-order chi connectivity index (χ0) is 13.5. The quantitative estimate of drug-likeness (QED) is 0.841. The van der Waals surface area contributed by atoms with Crippen molar-refractivity contribution < 1.29 is 4.74 Å². The smallest absolute Gasteiger partial charge is 0.123 e. The molecule has 3 nitrogen and oxygen atoms in total. The molecule has 4 heteroatoms. The number of nitrogens with one attached hydrogen (secondary N) is 1. The zero-order valence-electron chi connectivity index (χ0n) is 11.4. The van der Waals surface area contributed by atoms with Crippen LogP contribution in [0.1, 0.15) is 30.0 Å². The SMILES string of the molecule is CCCNC(Cc1nccs1)c1ccccc1OC. The fourth-order valence-corrected chi connectivity index (χ4v) is 2.76. The summed E-state index contributed by atoms with van der Waals surface area (Å²) in [5.41, 5.74) is 1.20. The van der Waals surface area contributed by atoms with Gasteiger partial charge in [0.1, 0.15) is 5.75 Å². The lowest BCUT2D eigenvalue weighted by atomic mass is 10.0. The Kier molecular flexibility index (Phi) is 5.36. The van der Waals surface area contributed by atoms with Gasteiger partial charge in [-0.25, -0.2) is 4.98 Å². The summed E-state index contributed by atoms with van der Waals surface area (Å²) in [5.74, 6) is 0.938. The van der Waals surface area contributed by atoms with Crippen LogP contribution >= 0.6 is 11.3 Å². The number of ether oxygens (including phenoxy) is 1. The van der Waals surface area contributed by atoms with Gasteiger partial charge >= 0.3 is 0 Å². The second kappa shape index (κ2) is 7.26. The molecule has 0 aliphatic rings. The van der Waals surface area contributed by atoms with Crippen molar-refractivity contribution in [2.45, 2.75) is 25.8 Å². The van der Waals surface area contributed by atoms with Crippen LogP contribution < -0.4 is 10.1 Å². The summed E-state index contributed by atoms with van der Waals surface area (Å²) in [4.78, 5) is 4.38. The van der Waals surface area contributed by atoms with Gasteiger partial charge in [-0.1, -0.05) is 25.1 Å². The van der Waals surface area contributed by atoms with Crippen molar-refractivity contribution in [2.24, 2.45) is 0 Å². The van der Waals surface area contributed by atoms with Gasteiger partial charge in [-0.3, -0.25) is 0 Å². The van der Waals surface area contributed by atoms with Gasteiger partial charge in [-0.05, 0) is 19.0 Å². The first-order valence-corrected chi connectivity index (χ1v) is 7.47. The van der Waals surface area contributed by atoms with Crippen LogP contribution in [0.25, 0.3) is 0 Å². The highest BCUT2D eigenvalue weighted by molar-refractivity contribution is 7.09. The minimum Gasteiger partial charge on any atom is -0.496 e. The molecule has 1 aromatic heterocycles. The first kappa shape index (κ1) is 14.0. The van der Waals surface area contributed by atoms with E-state index >= 15 is 0 Å². The molecule has 19 heavy (non-hydrogen) atoms. The van der Waals surface area contributed by atoms with E-state index in [9.17, 15) is 0 Å². The first-order valence-electron chi connectivity index (χ1n) is 6.59. The molecule has 1 N–H and O–H groups in total. The Morgan fingerprint density at radius 3 is 2.89 bits per heavy atom. The predicted octanol–water partition coefficient (Wildman–Crippen LogP) is 3.44. The van der Waals surface area contributed by atoms with E-state index in [1.54, 1.807) is 18.4 Å². The molecule has 1 unspecified atom stereocenters. The molecule has 0 saturated heterocycles. The number of para-hydroxylation sites is 1. The topological polar surface area (TPSA) is 34.2 Å². The predicted molar refractivity (Wildman–Crippen MR) is 79.8 cm³/mol. The molecule has 0 aliphatic heterocycles. The first-order chi connectivity index (χ1) is 9.35. The van der Waals surface area contributed by atoms with E-state index in [0.29, 0.717) is 0 Å². The van der Waals surface area contributed by atoms with Crippen LogP contribution in [0.2, 0.25) is 0 Å². The van der Waals surface area contributed by atoms with Crippen molar-refractivity contribution in [3.63, 3.8) is 0 Å². The number of aromatic nitrogens is 1. The van der Waals surface area contributed by atoms with Gasteiger partial charge in [0.2, 0.25) is 0 Å². The Labute approximate surface area is 118 Å². The Morgan fingerprint density at radius 2 is 2.21 bits per heavy atom. The molecular weight excluding hydrogens is 256 g/mol. The van der Waals surface area contributed by atoms with Crippen LogP contribution in [0.3, 0.4) is 0 Å². The van der Waals surface area contributed by atoms with E-state index in [4.69, 9.17) is 4.74 Å². The minimum absolute atomic E-state index is 0.252. The average molecular weight is 276 g/mol. The van der Waals surface area contributed by atoms with Crippen molar-refractivity contribution in [3.8, 4) is 5.75 Å². The van der Waals surface area contributed by atoms with Crippen molar-refractivity contribution in [1.82, 2.24) is 10.3 Å². The third kappa shape index (κ3) is 3.78. The van der Waals surface area contributed by atoms with Gasteiger partial charge in [0.15, 0.2) is 0 Å². The Morgan fingerprint density at radius 1 is 1.37 bits per heavy atom. The van der Waals surface area contributed by atoms with E-state index in [2.05, 4.69) is 29.4 Å². The van der Waals surface area contributed by atoms with Crippen LogP contribution in [0.4, 0.5) is 0 Å². The number of thiazole rings is 1. The molecule has 2 aromatic rings. The number of methoxy groups -OCH3 is 1. The molecule has 0 radical (unpaired) electrons. The summed E-state index contributed by atoms with van der Waals surface area (Å²) < 4.78 is 5.47. The molecule has 1 aromatic carbocycles. The Hall–Kier alpha value is -1.39. The molecule has 0 saturated carbocycles. The van der Waals surface area contributed by atoms with Crippen molar-refractivity contribution in [3.05, 3.63) is 46.4 Å². The van der Waals surface area contributed by atoms with Gasteiger partial charge in [-0.15, -0.1) is 11.3 Å². The summed E-state index contributed by atoms with van der Waals surface area (Å²) >= 11 is 1.70. The third-order valence-electron chi connectivity index (χ3n) is 3.02. The van der Waals surface area contributed by atoms with Gasteiger partial charge < -0.3 is 10.1 Å². The van der Waals surface area contributed by atoms with Crippen molar-refractivity contribution in [1.29, 1.82) is 0 Å². The summed E-state index contributed by atoms with van der Waals surface area (Å²) in [6.07, 6.45) is 3.88. The van der Waals surface area contributed by atoms with Crippen LogP contribution in [0, 0.1) is 0 Å². The maximum absolute atomic E-state index is 5.47. The highest BCUT2D eigenvalue weighted by atomic mass is 32.1. The number of hydrogen-bond acceptors (Lipinski definition) is 4. The zero-order valence-corrected chi connectivity index (χ0v) is 12.2. The summed E-state index contributed by atoms with van der Waals surface area (Å²) in [6, 6.07) is 8.45. The highest BCUT2D eigenvalue weighted by Crippen LogP contribution is 2.27. The average Bonchev–Trinajstić information content (AvgIpc) is 2.96. The van der Waals surface area contributed by atoms with E-state index < -0.39 is 0 Å². The number of benzene rings is 1. The van der Waals surface area contributed by atoms with Crippen LogP contribution in [-0.4, -0.2) is 18.6 Å². The van der Waals surface area contributed by atoms with Gasteiger partial charge in [-0.2, -0.15) is 0 Å². The molecule has 0 bridgehead atoms.